The molecular weight excluding hydrogens is 701 g/mol. The number of carbonyl (C=O) groups excluding carboxylic acids is 3. The van der Waals surface area contributed by atoms with E-state index < -0.39 is 0 Å². The van der Waals surface area contributed by atoms with Crippen LogP contribution in [0.1, 0.15) is 226 Å². The fraction of sp³-hybridized carbons (Fsp3) is 0.896. The second-order valence-electron chi connectivity index (χ2n) is 16.2. The number of hydrogen-bond donors (Lipinski definition) is 1. The number of carbonyl (C=O) groups is 3. The Hall–Kier alpha value is -1.93. The van der Waals surface area contributed by atoms with Crippen molar-refractivity contribution in [2.45, 2.75) is 232 Å². The van der Waals surface area contributed by atoms with Crippen molar-refractivity contribution in [3.05, 3.63) is 12.2 Å². The van der Waals surface area contributed by atoms with E-state index >= 15 is 0 Å². The molecule has 0 unspecified atom stereocenters. The third-order valence-electron chi connectivity index (χ3n) is 10.7. The van der Waals surface area contributed by atoms with Gasteiger partial charge in [0.1, 0.15) is 19.3 Å². The second kappa shape index (κ2) is 44.2. The molecular formula is C48H92N2O6. The zero-order valence-electron chi connectivity index (χ0n) is 37.5. The van der Waals surface area contributed by atoms with Gasteiger partial charge in [0.2, 0.25) is 5.91 Å². The number of hydrogen-bond acceptors (Lipinski definition) is 7. The zero-order valence-corrected chi connectivity index (χ0v) is 37.5. The lowest BCUT2D eigenvalue weighted by Crippen LogP contribution is -2.32. The van der Waals surface area contributed by atoms with Gasteiger partial charge in [0.05, 0.1) is 0 Å². The van der Waals surface area contributed by atoms with E-state index in [0.717, 1.165) is 103 Å². The minimum Gasteiger partial charge on any atom is -0.462 e. The van der Waals surface area contributed by atoms with Gasteiger partial charge in [0.25, 0.3) is 0 Å². The Balaban J connectivity index is 4.37. The van der Waals surface area contributed by atoms with Crippen LogP contribution in [0.3, 0.4) is 0 Å². The molecule has 0 rings (SSSR count). The number of nitrogens with one attached hydrogen (secondary N) is 1. The Morgan fingerprint density at radius 2 is 1.00 bits per heavy atom. The molecule has 0 saturated heterocycles. The van der Waals surface area contributed by atoms with Crippen LogP contribution in [0.2, 0.25) is 0 Å². The molecule has 1 N–H and O–H groups in total. The van der Waals surface area contributed by atoms with Crippen molar-refractivity contribution in [2.24, 2.45) is 0 Å². The smallest absolute Gasteiger partial charge is 0.306 e. The van der Waals surface area contributed by atoms with E-state index in [4.69, 9.17) is 14.2 Å². The summed E-state index contributed by atoms with van der Waals surface area (Å²) in [7, 11) is 1.54. The molecule has 0 saturated carbocycles. The van der Waals surface area contributed by atoms with Crippen LogP contribution in [-0.4, -0.2) is 75.4 Å². The molecule has 0 aliphatic rings. The molecule has 1 amide bonds. The van der Waals surface area contributed by atoms with E-state index in [1.807, 2.05) is 6.08 Å². The van der Waals surface area contributed by atoms with Gasteiger partial charge in [-0.1, -0.05) is 155 Å². The third kappa shape index (κ3) is 40.3. The highest BCUT2D eigenvalue weighted by Gasteiger charge is 2.14. The first-order valence-corrected chi connectivity index (χ1v) is 23.9. The number of amides is 1. The van der Waals surface area contributed by atoms with Crippen molar-refractivity contribution in [1.29, 1.82) is 0 Å². The summed E-state index contributed by atoms with van der Waals surface area (Å²) in [5, 5.41) is 2.95. The number of methoxy groups -OCH3 is 1. The van der Waals surface area contributed by atoms with Gasteiger partial charge in [0, 0.05) is 26.5 Å². The highest BCUT2D eigenvalue weighted by Crippen LogP contribution is 2.18. The number of ether oxygens (including phenoxy) is 3. The molecule has 0 spiro atoms. The standard InChI is InChI=1S/C48H92N2O6/c1-5-8-11-14-17-26-33-43-55-47(52)37-29-22-18-24-31-40-50(42-34-39-49-46(51)44-54-4)41-32-25-19-23-30-38-48(53)56-45(35-27-20-15-12-9-6-2)36-28-21-16-13-10-7-3/h26,33,45H,5-25,27-32,34-44H2,1-4H3,(H,49,51)/b33-26-. The molecule has 0 atom stereocenters. The SMILES string of the molecule is CCCCCC/C=C\COC(=O)CCCCCCCN(CCCCCCCC(=O)OC(CCCCCCCC)CCCCCCCC)CCCNC(=O)COC. The van der Waals surface area contributed by atoms with Gasteiger partial charge < -0.3 is 24.4 Å². The average molecular weight is 793 g/mol. The van der Waals surface area contributed by atoms with Crippen LogP contribution in [0, 0.1) is 0 Å². The molecule has 8 heteroatoms. The summed E-state index contributed by atoms with van der Waals surface area (Å²) >= 11 is 0. The van der Waals surface area contributed by atoms with Gasteiger partial charge in [-0.2, -0.15) is 0 Å². The molecule has 0 aromatic heterocycles. The van der Waals surface area contributed by atoms with Crippen LogP contribution < -0.4 is 5.32 Å². The molecule has 56 heavy (non-hydrogen) atoms. The van der Waals surface area contributed by atoms with Crippen LogP contribution in [0.15, 0.2) is 12.2 Å². The van der Waals surface area contributed by atoms with E-state index in [1.54, 1.807) is 7.11 Å². The summed E-state index contributed by atoms with van der Waals surface area (Å²) < 4.78 is 16.3. The first-order valence-electron chi connectivity index (χ1n) is 23.9. The minimum atomic E-state index is -0.0874. The molecule has 0 heterocycles. The predicted molar refractivity (Wildman–Crippen MR) is 236 cm³/mol. The molecule has 0 bridgehead atoms. The first kappa shape index (κ1) is 54.1. The van der Waals surface area contributed by atoms with Gasteiger partial charge in [-0.05, 0) is 90.3 Å². The molecule has 0 aromatic rings. The van der Waals surface area contributed by atoms with Crippen molar-refractivity contribution in [1.82, 2.24) is 10.2 Å². The van der Waals surface area contributed by atoms with Gasteiger partial charge in [-0.25, -0.2) is 0 Å². The Bertz CT molecular complexity index is 881. The summed E-state index contributed by atoms with van der Waals surface area (Å²) in [6, 6.07) is 0. The Morgan fingerprint density at radius 1 is 0.536 bits per heavy atom. The summed E-state index contributed by atoms with van der Waals surface area (Å²) in [5.41, 5.74) is 0. The van der Waals surface area contributed by atoms with E-state index in [9.17, 15) is 14.4 Å². The van der Waals surface area contributed by atoms with Crippen LogP contribution in [0.25, 0.3) is 0 Å². The summed E-state index contributed by atoms with van der Waals surface area (Å²) in [5.74, 6) is -0.144. The summed E-state index contributed by atoms with van der Waals surface area (Å²) in [4.78, 5) is 39.2. The fourth-order valence-electron chi connectivity index (χ4n) is 7.22. The highest BCUT2D eigenvalue weighted by atomic mass is 16.5. The van der Waals surface area contributed by atoms with Crippen molar-refractivity contribution in [3.8, 4) is 0 Å². The minimum absolute atomic E-state index is 0.00638. The van der Waals surface area contributed by atoms with Gasteiger partial charge in [0.15, 0.2) is 0 Å². The maximum atomic E-state index is 12.8. The normalized spacial score (nSPS) is 11.6. The van der Waals surface area contributed by atoms with Gasteiger partial charge in [-0.3, -0.25) is 14.4 Å². The lowest BCUT2D eigenvalue weighted by atomic mass is 10.0. The van der Waals surface area contributed by atoms with E-state index in [2.05, 4.69) is 37.1 Å². The van der Waals surface area contributed by atoms with Crippen molar-refractivity contribution in [2.75, 3.05) is 46.5 Å². The molecule has 330 valence electrons. The maximum absolute atomic E-state index is 12.8. The van der Waals surface area contributed by atoms with Crippen LogP contribution in [0.5, 0.6) is 0 Å². The Labute approximate surface area is 346 Å². The summed E-state index contributed by atoms with van der Waals surface area (Å²) in [6.45, 7) is 11.0. The number of allylic oxidation sites excluding steroid dienone is 1. The lowest BCUT2D eigenvalue weighted by Gasteiger charge is -2.22. The van der Waals surface area contributed by atoms with Crippen LogP contribution in [-0.2, 0) is 28.6 Å². The second-order valence-corrected chi connectivity index (χ2v) is 16.2. The van der Waals surface area contributed by atoms with Gasteiger partial charge in [-0.15, -0.1) is 0 Å². The number of rotatable bonds is 44. The van der Waals surface area contributed by atoms with Crippen molar-refractivity contribution in [3.63, 3.8) is 0 Å². The van der Waals surface area contributed by atoms with Gasteiger partial charge >= 0.3 is 11.9 Å². The largest absolute Gasteiger partial charge is 0.462 e. The lowest BCUT2D eigenvalue weighted by molar-refractivity contribution is -0.150. The van der Waals surface area contributed by atoms with E-state index in [0.29, 0.717) is 26.0 Å². The van der Waals surface area contributed by atoms with E-state index in [1.165, 1.54) is 109 Å². The topological polar surface area (TPSA) is 94.2 Å². The number of nitrogens with zero attached hydrogens (tertiary/aromatic N) is 1. The molecule has 0 radical (unpaired) electrons. The predicted octanol–water partition coefficient (Wildman–Crippen LogP) is 12.6. The van der Waals surface area contributed by atoms with Crippen molar-refractivity contribution >= 4 is 17.8 Å². The number of esters is 2. The van der Waals surface area contributed by atoms with Crippen LogP contribution in [0.4, 0.5) is 0 Å². The molecule has 0 aliphatic carbocycles. The molecule has 0 fully saturated rings. The Morgan fingerprint density at radius 3 is 1.55 bits per heavy atom. The summed E-state index contributed by atoms with van der Waals surface area (Å²) in [6.07, 6.45) is 40.5. The quantitative estimate of drug-likeness (QED) is 0.0373. The van der Waals surface area contributed by atoms with E-state index in [-0.39, 0.29) is 30.6 Å². The first-order chi connectivity index (χ1) is 27.5. The Kier molecular flexibility index (Phi) is 42.7. The monoisotopic (exact) mass is 793 g/mol. The average Bonchev–Trinajstić information content (AvgIpc) is 3.18. The zero-order chi connectivity index (χ0) is 41.0. The molecule has 0 aromatic carbocycles. The van der Waals surface area contributed by atoms with Crippen LogP contribution >= 0.6 is 0 Å². The van der Waals surface area contributed by atoms with Crippen molar-refractivity contribution < 1.29 is 28.6 Å². The molecule has 8 nitrogen and oxygen atoms in total. The maximum Gasteiger partial charge on any atom is 0.306 e. The number of unbranched alkanes of at least 4 members (excludes halogenated alkanes) is 22. The molecule has 0 aliphatic heterocycles. The highest BCUT2D eigenvalue weighted by molar-refractivity contribution is 5.77. The third-order valence-corrected chi connectivity index (χ3v) is 10.7. The fourth-order valence-corrected chi connectivity index (χ4v) is 7.22.